The van der Waals surface area contributed by atoms with Crippen molar-refractivity contribution in [3.05, 3.63) is 35.2 Å². The highest BCUT2D eigenvalue weighted by Crippen LogP contribution is 2.22. The van der Waals surface area contributed by atoms with Crippen LogP contribution in [-0.2, 0) is 9.59 Å². The lowest BCUT2D eigenvalue weighted by atomic mass is 9.97. The van der Waals surface area contributed by atoms with Crippen molar-refractivity contribution in [2.75, 3.05) is 0 Å². The molecule has 0 bridgehead atoms. The van der Waals surface area contributed by atoms with Gasteiger partial charge in [0.2, 0.25) is 5.91 Å². The average molecular weight is 265 g/mol. The number of allylic oxidation sites excluding steroid dienone is 3. The Bertz CT molecular complexity index is 491. The van der Waals surface area contributed by atoms with Crippen LogP contribution in [0.4, 0.5) is 0 Å². The van der Waals surface area contributed by atoms with Crippen LogP contribution in [-0.4, -0.2) is 23.3 Å². The molecular formula is C11H15N5O3. The number of carboxylic acid groups (broad SMARTS) is 1. The van der Waals surface area contributed by atoms with Crippen LogP contribution in [0.3, 0.4) is 0 Å². The van der Waals surface area contributed by atoms with E-state index in [0.717, 1.165) is 0 Å². The molecule has 19 heavy (non-hydrogen) atoms. The van der Waals surface area contributed by atoms with Crippen LogP contribution >= 0.6 is 0 Å². The Labute approximate surface area is 109 Å². The summed E-state index contributed by atoms with van der Waals surface area (Å²) >= 11 is 0. The first-order valence-corrected chi connectivity index (χ1v) is 5.38. The van der Waals surface area contributed by atoms with Crippen LogP contribution in [0.5, 0.6) is 0 Å². The van der Waals surface area contributed by atoms with E-state index in [0.29, 0.717) is 11.3 Å². The van der Waals surface area contributed by atoms with Gasteiger partial charge in [0, 0.05) is 30.8 Å². The molecule has 1 rings (SSSR count). The van der Waals surface area contributed by atoms with Gasteiger partial charge >= 0.3 is 5.97 Å². The minimum absolute atomic E-state index is 0.190. The number of amides is 1. The number of hydrazone groups is 1. The van der Waals surface area contributed by atoms with E-state index in [1.165, 1.54) is 25.5 Å². The first kappa shape index (κ1) is 14.3. The maximum atomic E-state index is 11.1. The Morgan fingerprint density at radius 2 is 2.16 bits per heavy atom. The van der Waals surface area contributed by atoms with Crippen molar-refractivity contribution in [3.63, 3.8) is 0 Å². The van der Waals surface area contributed by atoms with Crippen molar-refractivity contribution in [1.29, 1.82) is 0 Å². The normalized spacial score (nSPS) is 16.8. The molecule has 0 saturated carbocycles. The lowest BCUT2D eigenvalue weighted by Gasteiger charge is -2.17. The molecule has 1 amide bonds. The molecule has 6 N–H and O–H groups in total. The number of carbonyl (C=O) groups is 2. The van der Waals surface area contributed by atoms with Crippen molar-refractivity contribution < 1.29 is 14.7 Å². The molecule has 0 aromatic carbocycles. The number of nitrogens with two attached hydrogens (primary N) is 1. The fraction of sp³-hybridized carbons (Fsp3) is 0.182. The maximum Gasteiger partial charge on any atom is 0.331 e. The van der Waals surface area contributed by atoms with Gasteiger partial charge < -0.3 is 21.7 Å². The fourth-order valence-electron chi connectivity index (χ4n) is 1.44. The van der Waals surface area contributed by atoms with E-state index in [-0.39, 0.29) is 17.9 Å². The average Bonchev–Trinajstić information content (AvgIpc) is 2.35. The molecule has 0 atom stereocenters. The summed E-state index contributed by atoms with van der Waals surface area (Å²) in [7, 11) is 0. The van der Waals surface area contributed by atoms with Crippen molar-refractivity contribution in [3.8, 4) is 0 Å². The molecule has 8 heteroatoms. The zero-order valence-electron chi connectivity index (χ0n) is 10.3. The van der Waals surface area contributed by atoms with Crippen LogP contribution in [0.25, 0.3) is 0 Å². The third-order valence-electron chi connectivity index (χ3n) is 2.23. The molecule has 0 radical (unpaired) electrons. The topological polar surface area (TPSA) is 129 Å². The second-order valence-corrected chi connectivity index (χ2v) is 3.67. The van der Waals surface area contributed by atoms with E-state index in [2.05, 4.69) is 21.3 Å². The molecule has 0 fully saturated rings. The number of aliphatic carboxylic acids is 1. The van der Waals surface area contributed by atoms with Gasteiger partial charge in [0.1, 0.15) is 6.34 Å². The monoisotopic (exact) mass is 265 g/mol. The van der Waals surface area contributed by atoms with Crippen molar-refractivity contribution in [2.45, 2.75) is 13.3 Å². The third-order valence-corrected chi connectivity index (χ3v) is 2.23. The minimum Gasteiger partial charge on any atom is -0.478 e. The Kier molecular flexibility index (Phi) is 5.15. The molecule has 1 aliphatic rings. The second-order valence-electron chi connectivity index (χ2n) is 3.67. The molecule has 0 saturated heterocycles. The number of rotatable bonds is 5. The number of carboxylic acids is 1. The van der Waals surface area contributed by atoms with Crippen molar-refractivity contribution in [2.24, 2.45) is 10.9 Å². The first-order chi connectivity index (χ1) is 9.04. The van der Waals surface area contributed by atoms with Crippen LogP contribution < -0.4 is 22.0 Å². The number of nitrogens with one attached hydrogen (secondary N) is 3. The summed E-state index contributed by atoms with van der Waals surface area (Å²) < 4.78 is 0. The maximum absolute atomic E-state index is 11.1. The second kappa shape index (κ2) is 6.84. The van der Waals surface area contributed by atoms with E-state index in [9.17, 15) is 9.59 Å². The van der Waals surface area contributed by atoms with E-state index < -0.39 is 5.97 Å². The summed E-state index contributed by atoms with van der Waals surface area (Å²) in [6.45, 7) is 1.38. The standard InChI is InChI=1S/C11H15N5O3/c1-7(17)16-10-3-2-8(11(18)19)4-9(10)5-14-15-6-13-12/h2-3,5-6,14H,4,12H2,1H3,(H,13,15)(H,16,17)(H,18,19). The SMILES string of the molecule is CC(=O)NC1=CC=C(C(=O)O)CC1=CNNC=NN. The summed E-state index contributed by atoms with van der Waals surface area (Å²) in [6.07, 6.45) is 5.93. The largest absolute Gasteiger partial charge is 0.478 e. The minimum atomic E-state index is -1.000. The van der Waals surface area contributed by atoms with E-state index >= 15 is 0 Å². The van der Waals surface area contributed by atoms with Crippen LogP contribution in [0, 0.1) is 0 Å². The van der Waals surface area contributed by atoms with Crippen LogP contribution in [0.15, 0.2) is 40.3 Å². The third kappa shape index (κ3) is 4.54. The van der Waals surface area contributed by atoms with Gasteiger partial charge in [-0.05, 0) is 17.7 Å². The molecule has 0 aliphatic heterocycles. The Morgan fingerprint density at radius 1 is 1.42 bits per heavy atom. The van der Waals surface area contributed by atoms with Gasteiger partial charge in [0.25, 0.3) is 0 Å². The van der Waals surface area contributed by atoms with Gasteiger partial charge in [0.05, 0.1) is 0 Å². The summed E-state index contributed by atoms with van der Waals surface area (Å²) in [6, 6.07) is 0. The molecule has 102 valence electrons. The quantitative estimate of drug-likeness (QED) is 0.147. The van der Waals surface area contributed by atoms with Gasteiger partial charge in [-0.2, -0.15) is 5.10 Å². The molecule has 0 heterocycles. The lowest BCUT2D eigenvalue weighted by Crippen LogP contribution is -2.28. The Balaban J connectivity index is 2.86. The summed E-state index contributed by atoms with van der Waals surface area (Å²) in [5.41, 5.74) is 6.60. The van der Waals surface area contributed by atoms with Crippen molar-refractivity contribution in [1.82, 2.24) is 16.2 Å². The Morgan fingerprint density at radius 3 is 2.74 bits per heavy atom. The predicted molar refractivity (Wildman–Crippen MR) is 69.3 cm³/mol. The molecule has 0 unspecified atom stereocenters. The zero-order chi connectivity index (χ0) is 14.3. The number of hydrogen-bond donors (Lipinski definition) is 5. The zero-order valence-corrected chi connectivity index (χ0v) is 10.3. The van der Waals surface area contributed by atoms with Gasteiger partial charge in [-0.15, -0.1) is 0 Å². The highest BCUT2D eigenvalue weighted by atomic mass is 16.4. The number of carbonyl (C=O) groups excluding carboxylic acids is 1. The van der Waals surface area contributed by atoms with E-state index in [1.807, 2.05) is 0 Å². The first-order valence-electron chi connectivity index (χ1n) is 5.38. The van der Waals surface area contributed by atoms with Gasteiger partial charge in [0.15, 0.2) is 0 Å². The molecule has 8 nitrogen and oxygen atoms in total. The van der Waals surface area contributed by atoms with Crippen LogP contribution in [0.2, 0.25) is 0 Å². The van der Waals surface area contributed by atoms with Crippen molar-refractivity contribution >= 4 is 18.2 Å². The van der Waals surface area contributed by atoms with E-state index in [4.69, 9.17) is 10.9 Å². The van der Waals surface area contributed by atoms with Gasteiger partial charge in [-0.25, -0.2) is 4.79 Å². The van der Waals surface area contributed by atoms with Crippen LogP contribution in [0.1, 0.15) is 13.3 Å². The summed E-state index contributed by atoms with van der Waals surface area (Å²) in [5, 5.41) is 14.8. The summed E-state index contributed by atoms with van der Waals surface area (Å²) in [4.78, 5) is 22.0. The smallest absolute Gasteiger partial charge is 0.331 e. The predicted octanol–water partition coefficient (Wildman–Crippen LogP) is -0.699. The molecular weight excluding hydrogens is 250 g/mol. The number of hydrogen-bond acceptors (Lipinski definition) is 5. The molecule has 1 aliphatic carbocycles. The highest BCUT2D eigenvalue weighted by molar-refractivity contribution is 5.89. The molecule has 0 aromatic rings. The van der Waals surface area contributed by atoms with E-state index in [1.54, 1.807) is 6.08 Å². The highest BCUT2D eigenvalue weighted by Gasteiger charge is 2.17. The Hall–Kier alpha value is -2.77. The lowest BCUT2D eigenvalue weighted by molar-refractivity contribution is -0.132. The fourth-order valence-corrected chi connectivity index (χ4v) is 1.44. The van der Waals surface area contributed by atoms with Gasteiger partial charge in [-0.3, -0.25) is 10.2 Å². The number of hydrazine groups is 1. The molecule has 0 aromatic heterocycles. The number of nitrogens with zero attached hydrogens (tertiary/aromatic N) is 1. The summed E-state index contributed by atoms with van der Waals surface area (Å²) in [5.74, 6) is 3.66. The molecule has 0 spiro atoms. The van der Waals surface area contributed by atoms with Gasteiger partial charge in [-0.1, -0.05) is 0 Å².